The Morgan fingerprint density at radius 3 is 2.67 bits per heavy atom. The lowest BCUT2D eigenvalue weighted by Crippen LogP contribution is -2.02. The Balaban J connectivity index is 2.54. The van der Waals surface area contributed by atoms with Crippen LogP contribution in [0.25, 0.3) is 5.82 Å². The van der Waals surface area contributed by atoms with Crippen molar-refractivity contribution in [2.45, 2.75) is 0 Å². The Kier molecular flexibility index (Phi) is 2.50. The van der Waals surface area contributed by atoms with Crippen LogP contribution in [0.2, 0.25) is 10.0 Å². The van der Waals surface area contributed by atoms with Crippen LogP contribution in [-0.4, -0.2) is 14.8 Å². The van der Waals surface area contributed by atoms with E-state index in [4.69, 9.17) is 28.9 Å². The number of nitrogen functional groups attached to an aromatic ring is 1. The van der Waals surface area contributed by atoms with Crippen LogP contribution >= 0.6 is 23.2 Å². The fraction of sp³-hybridized carbons (Fsp3) is 0. The van der Waals surface area contributed by atoms with Gasteiger partial charge in [-0.05, 0) is 6.07 Å². The van der Waals surface area contributed by atoms with Crippen molar-refractivity contribution >= 4 is 29.0 Å². The van der Waals surface area contributed by atoms with Crippen LogP contribution in [-0.2, 0) is 0 Å². The highest BCUT2D eigenvalue weighted by atomic mass is 35.5. The van der Waals surface area contributed by atoms with Crippen molar-refractivity contribution in [2.24, 2.45) is 0 Å². The molecule has 2 N–H and O–H groups in total. The van der Waals surface area contributed by atoms with Gasteiger partial charge in [-0.25, -0.2) is 14.1 Å². The van der Waals surface area contributed by atoms with E-state index < -0.39 is 5.82 Å². The molecule has 0 unspecified atom stereocenters. The van der Waals surface area contributed by atoms with Crippen molar-refractivity contribution in [3.05, 3.63) is 34.3 Å². The lowest BCUT2D eigenvalue weighted by Gasteiger charge is -2.01. The molecule has 7 heteroatoms. The van der Waals surface area contributed by atoms with E-state index >= 15 is 0 Å². The molecule has 2 aromatic rings. The van der Waals surface area contributed by atoms with Crippen LogP contribution in [0.5, 0.6) is 0 Å². The lowest BCUT2D eigenvalue weighted by molar-refractivity contribution is 0.601. The van der Waals surface area contributed by atoms with E-state index in [0.29, 0.717) is 0 Å². The summed E-state index contributed by atoms with van der Waals surface area (Å²) in [4.78, 5) is 3.78. The molecule has 2 aromatic heterocycles. The van der Waals surface area contributed by atoms with Gasteiger partial charge in [0, 0.05) is 6.20 Å². The Labute approximate surface area is 94.4 Å². The topological polar surface area (TPSA) is 56.7 Å². The first-order valence-corrected chi connectivity index (χ1v) is 4.65. The average Bonchev–Trinajstić information content (AvgIpc) is 2.46. The Hall–Kier alpha value is -1.33. The minimum absolute atomic E-state index is 0.00185. The van der Waals surface area contributed by atoms with Crippen LogP contribution in [0.15, 0.2) is 18.5 Å². The van der Waals surface area contributed by atoms with E-state index in [1.807, 2.05) is 0 Å². The summed E-state index contributed by atoms with van der Waals surface area (Å²) >= 11 is 11.2. The third-order valence-corrected chi connectivity index (χ3v) is 2.20. The second kappa shape index (κ2) is 3.67. The van der Waals surface area contributed by atoms with Crippen LogP contribution in [0, 0.1) is 5.82 Å². The molecule has 0 saturated carbocycles. The van der Waals surface area contributed by atoms with E-state index in [2.05, 4.69) is 10.1 Å². The van der Waals surface area contributed by atoms with E-state index in [9.17, 15) is 4.39 Å². The van der Waals surface area contributed by atoms with Crippen molar-refractivity contribution < 1.29 is 4.39 Å². The number of hydrogen-bond donors (Lipinski definition) is 1. The summed E-state index contributed by atoms with van der Waals surface area (Å²) in [5.41, 5.74) is 5.42. The van der Waals surface area contributed by atoms with Gasteiger partial charge >= 0.3 is 0 Å². The molecule has 78 valence electrons. The molecule has 0 amide bonds. The normalized spacial score (nSPS) is 10.6. The molecule has 0 aliphatic rings. The van der Waals surface area contributed by atoms with Gasteiger partial charge in [0.2, 0.25) is 0 Å². The number of halogens is 3. The summed E-state index contributed by atoms with van der Waals surface area (Å²) in [7, 11) is 0. The molecule has 0 bridgehead atoms. The van der Waals surface area contributed by atoms with Crippen LogP contribution < -0.4 is 5.73 Å². The van der Waals surface area contributed by atoms with E-state index in [1.54, 1.807) is 0 Å². The molecule has 0 fully saturated rings. The fourth-order valence-electron chi connectivity index (χ4n) is 1.05. The van der Waals surface area contributed by atoms with Crippen LogP contribution in [0.1, 0.15) is 0 Å². The highest BCUT2D eigenvalue weighted by molar-refractivity contribution is 6.32. The van der Waals surface area contributed by atoms with E-state index in [0.717, 1.165) is 10.7 Å². The molecule has 0 spiro atoms. The van der Waals surface area contributed by atoms with Gasteiger partial charge in [0.05, 0.1) is 11.2 Å². The summed E-state index contributed by atoms with van der Waals surface area (Å²) in [6.45, 7) is 0. The zero-order valence-electron chi connectivity index (χ0n) is 7.28. The molecule has 2 rings (SSSR count). The molecule has 0 atom stereocenters. The van der Waals surface area contributed by atoms with Crippen molar-refractivity contribution in [2.75, 3.05) is 5.73 Å². The minimum Gasteiger partial charge on any atom is -0.381 e. The first-order chi connectivity index (χ1) is 7.08. The minimum atomic E-state index is -0.596. The van der Waals surface area contributed by atoms with Gasteiger partial charge in [0.25, 0.3) is 0 Å². The van der Waals surface area contributed by atoms with Gasteiger partial charge in [-0.2, -0.15) is 0 Å². The Bertz CT molecular complexity index is 492. The maximum Gasteiger partial charge on any atom is 0.189 e. The lowest BCUT2D eigenvalue weighted by atomic mass is 10.4. The summed E-state index contributed by atoms with van der Waals surface area (Å²) in [6.07, 6.45) is 2.68. The zero-order valence-corrected chi connectivity index (χ0v) is 8.80. The molecule has 15 heavy (non-hydrogen) atoms. The molecular formula is C8H5Cl2FN4. The first-order valence-electron chi connectivity index (χ1n) is 3.90. The third kappa shape index (κ3) is 1.88. The molecule has 0 aliphatic heterocycles. The quantitative estimate of drug-likeness (QED) is 0.841. The van der Waals surface area contributed by atoms with E-state index in [1.165, 1.54) is 12.4 Å². The largest absolute Gasteiger partial charge is 0.381 e. The van der Waals surface area contributed by atoms with Crippen LogP contribution in [0.3, 0.4) is 0 Å². The van der Waals surface area contributed by atoms with Gasteiger partial charge in [0.15, 0.2) is 17.5 Å². The summed E-state index contributed by atoms with van der Waals surface area (Å²) in [5.74, 6) is -0.479. The number of nitrogens with two attached hydrogens (primary N) is 1. The number of rotatable bonds is 1. The summed E-state index contributed by atoms with van der Waals surface area (Å²) in [6, 6.07) is 1.13. The third-order valence-electron chi connectivity index (χ3n) is 1.70. The number of aromatic nitrogens is 3. The number of nitrogens with zero attached hydrogens (tertiary/aromatic N) is 3. The second-order valence-corrected chi connectivity index (χ2v) is 3.61. The standard InChI is InChI=1S/C8H5Cl2FN4/c9-4-1-6(11)8(13-2-4)15-3-5(10)7(12)14-15/h1-3H,(H2,12,14). The van der Waals surface area contributed by atoms with Crippen molar-refractivity contribution in [1.82, 2.24) is 14.8 Å². The monoisotopic (exact) mass is 246 g/mol. The highest BCUT2D eigenvalue weighted by Gasteiger charge is 2.10. The fourth-order valence-corrected chi connectivity index (χ4v) is 1.33. The number of pyridine rings is 1. The molecule has 0 radical (unpaired) electrons. The second-order valence-electron chi connectivity index (χ2n) is 2.77. The van der Waals surface area contributed by atoms with Gasteiger partial charge in [-0.15, -0.1) is 5.10 Å². The maximum atomic E-state index is 13.4. The van der Waals surface area contributed by atoms with Gasteiger partial charge < -0.3 is 5.73 Å². The smallest absolute Gasteiger partial charge is 0.189 e. The Morgan fingerprint density at radius 1 is 1.40 bits per heavy atom. The summed E-state index contributed by atoms with van der Waals surface area (Å²) < 4.78 is 14.5. The Morgan fingerprint density at radius 2 is 2.13 bits per heavy atom. The van der Waals surface area contributed by atoms with Gasteiger partial charge in [-0.3, -0.25) is 0 Å². The van der Waals surface area contributed by atoms with Crippen molar-refractivity contribution in [1.29, 1.82) is 0 Å². The molecular weight excluding hydrogens is 242 g/mol. The van der Waals surface area contributed by atoms with Crippen molar-refractivity contribution in [3.63, 3.8) is 0 Å². The highest BCUT2D eigenvalue weighted by Crippen LogP contribution is 2.20. The van der Waals surface area contributed by atoms with Gasteiger partial charge in [0.1, 0.15) is 5.02 Å². The SMILES string of the molecule is Nc1nn(-c2ncc(Cl)cc2F)cc1Cl. The predicted molar refractivity (Wildman–Crippen MR) is 55.7 cm³/mol. The van der Waals surface area contributed by atoms with Gasteiger partial charge in [-0.1, -0.05) is 23.2 Å². The predicted octanol–water partition coefficient (Wildman–Crippen LogP) is 2.30. The van der Waals surface area contributed by atoms with Crippen LogP contribution in [0.4, 0.5) is 10.2 Å². The summed E-state index contributed by atoms with van der Waals surface area (Å²) in [5, 5.41) is 4.24. The maximum absolute atomic E-state index is 13.4. The van der Waals surface area contributed by atoms with Crippen molar-refractivity contribution in [3.8, 4) is 5.82 Å². The van der Waals surface area contributed by atoms with E-state index in [-0.39, 0.29) is 21.7 Å². The molecule has 0 saturated heterocycles. The molecule has 2 heterocycles. The average molecular weight is 247 g/mol. The number of anilines is 1. The number of hydrogen-bond acceptors (Lipinski definition) is 3. The first kappa shape index (κ1) is 10.2. The molecule has 4 nitrogen and oxygen atoms in total. The molecule has 0 aliphatic carbocycles. The molecule has 0 aromatic carbocycles. The zero-order chi connectivity index (χ0) is 11.0.